The summed E-state index contributed by atoms with van der Waals surface area (Å²) in [6, 6.07) is -0.447. The Balaban J connectivity index is 1.03. The van der Waals surface area contributed by atoms with Crippen LogP contribution in [0.5, 0.6) is 0 Å². The fourth-order valence-corrected chi connectivity index (χ4v) is 8.89. The van der Waals surface area contributed by atoms with Crippen molar-refractivity contribution in [2.75, 3.05) is 26.4 Å². The van der Waals surface area contributed by atoms with E-state index < -0.39 is 23.5 Å². The van der Waals surface area contributed by atoms with Crippen molar-refractivity contribution in [3.05, 3.63) is 23.8 Å². The first-order valence-electron chi connectivity index (χ1n) is 25.8. The van der Waals surface area contributed by atoms with Gasteiger partial charge < -0.3 is 29.6 Å². The summed E-state index contributed by atoms with van der Waals surface area (Å²) in [6.07, 6.45) is 44.2. The maximum absolute atomic E-state index is 14.5. The molecule has 3 aliphatic rings. The van der Waals surface area contributed by atoms with Crippen LogP contribution in [-0.4, -0.2) is 62.9 Å². The van der Waals surface area contributed by atoms with Crippen molar-refractivity contribution >= 4 is 11.8 Å². The number of ether oxygens (including phenoxy) is 4. The van der Waals surface area contributed by atoms with Crippen molar-refractivity contribution in [3.63, 3.8) is 0 Å². The zero-order valence-corrected chi connectivity index (χ0v) is 38.7. The predicted molar refractivity (Wildman–Crippen MR) is 244 cm³/mol. The second-order valence-electron chi connectivity index (χ2n) is 18.4. The fourth-order valence-electron chi connectivity index (χ4n) is 8.89. The van der Waals surface area contributed by atoms with Crippen molar-refractivity contribution in [1.82, 2.24) is 10.6 Å². The molecule has 2 aliphatic heterocycles. The molecule has 2 amide bonds. The Morgan fingerprint density at radius 1 is 0.443 bits per heavy atom. The van der Waals surface area contributed by atoms with Gasteiger partial charge in [-0.25, -0.2) is 8.78 Å². The van der Waals surface area contributed by atoms with Gasteiger partial charge in [-0.15, -0.1) is 0 Å². The molecule has 2 N–H and O–H groups in total. The Morgan fingerprint density at radius 3 is 1.07 bits per heavy atom. The minimum Gasteiger partial charge on any atom is -0.353 e. The van der Waals surface area contributed by atoms with Crippen molar-refractivity contribution in [3.8, 4) is 0 Å². The van der Waals surface area contributed by atoms with E-state index in [4.69, 9.17) is 18.9 Å². The summed E-state index contributed by atoms with van der Waals surface area (Å²) in [7, 11) is 0. The molecule has 0 aromatic heterocycles. The van der Waals surface area contributed by atoms with Crippen LogP contribution in [0.25, 0.3) is 0 Å². The second-order valence-corrected chi connectivity index (χ2v) is 18.4. The smallest absolute Gasteiger partial charge is 0.279 e. The summed E-state index contributed by atoms with van der Waals surface area (Å²) in [6.45, 7) is 3.36. The van der Waals surface area contributed by atoms with E-state index in [1.807, 2.05) is 0 Å². The summed E-state index contributed by atoms with van der Waals surface area (Å²) in [4.78, 5) is 24.8. The number of allylic oxidation sites excluding steroid dienone is 2. The molecule has 61 heavy (non-hydrogen) atoms. The lowest BCUT2D eigenvalue weighted by atomic mass is 10.0. The largest absolute Gasteiger partial charge is 0.353 e. The van der Waals surface area contributed by atoms with Crippen molar-refractivity contribution < 1.29 is 37.3 Å². The summed E-state index contributed by atoms with van der Waals surface area (Å²) >= 11 is 0. The molecular formula is C51H90F2N2O6. The van der Waals surface area contributed by atoms with Gasteiger partial charge in [0, 0.05) is 38.5 Å². The lowest BCUT2D eigenvalue weighted by molar-refractivity contribution is -0.163. The average molecular weight is 865 g/mol. The second kappa shape index (κ2) is 37.5. The van der Waals surface area contributed by atoms with E-state index in [0.717, 1.165) is 90.6 Å². The quantitative estimate of drug-likeness (QED) is 0.0474. The summed E-state index contributed by atoms with van der Waals surface area (Å²) in [5.41, 5.74) is 0. The minimum absolute atomic E-state index is 0.0433. The Bertz CT molecular complexity index is 1060. The van der Waals surface area contributed by atoms with Crippen molar-refractivity contribution in [1.29, 1.82) is 0 Å². The number of unbranched alkanes of at least 4 members (excludes halogenated alkanes) is 26. The highest BCUT2D eigenvalue weighted by Gasteiger charge is 2.28. The Hall–Kier alpha value is -1.88. The van der Waals surface area contributed by atoms with E-state index in [2.05, 4.69) is 10.6 Å². The van der Waals surface area contributed by atoms with Gasteiger partial charge in [0.15, 0.2) is 24.2 Å². The summed E-state index contributed by atoms with van der Waals surface area (Å²) in [5.74, 6) is -2.84. The number of carbonyl (C=O) groups excluding carboxylic acids is 2. The van der Waals surface area contributed by atoms with Crippen LogP contribution in [0.15, 0.2) is 23.8 Å². The number of nitrogens with one attached hydrogen (secondary N) is 2. The molecule has 3 fully saturated rings. The van der Waals surface area contributed by atoms with Crippen LogP contribution in [0.3, 0.4) is 0 Å². The molecule has 0 aromatic carbocycles. The normalized spacial score (nSPS) is 21.2. The van der Waals surface area contributed by atoms with E-state index in [1.54, 1.807) is 0 Å². The van der Waals surface area contributed by atoms with E-state index in [1.165, 1.54) is 153 Å². The van der Waals surface area contributed by atoms with Crippen molar-refractivity contribution in [2.24, 2.45) is 0 Å². The third-order valence-electron chi connectivity index (χ3n) is 12.8. The van der Waals surface area contributed by atoms with E-state index in [0.29, 0.717) is 32.1 Å². The molecule has 2 heterocycles. The Morgan fingerprint density at radius 2 is 0.754 bits per heavy atom. The lowest BCUT2D eigenvalue weighted by Crippen LogP contribution is -2.37. The first-order chi connectivity index (χ1) is 30.0. The molecule has 1 aliphatic carbocycles. The molecule has 3 rings (SSSR count). The standard InChI is InChI=1S/C51H90F2N2O6/c52-46(33-25-21-17-13-9-5-1-3-7-11-15-19-23-29-39-58-48-35-27-31-41-60-48)50(56)54-44-37-38-45(43-44)55-51(57)47(53)34-26-22-18-14-10-6-2-4-8-12-16-20-24-30-40-59-49-36-28-32-42-61-49/h33-34,44-45,48-49H,1-32,35-43H2,(H,54,56)(H,55,57)/t44-,45+,48?,49?. The summed E-state index contributed by atoms with van der Waals surface area (Å²) in [5, 5.41) is 5.53. The zero-order chi connectivity index (χ0) is 43.3. The molecule has 0 radical (unpaired) electrons. The average Bonchev–Trinajstić information content (AvgIpc) is 3.72. The molecule has 10 heteroatoms. The maximum atomic E-state index is 14.5. The van der Waals surface area contributed by atoms with Crippen molar-refractivity contribution in [2.45, 2.75) is 262 Å². The van der Waals surface area contributed by atoms with E-state index >= 15 is 0 Å². The van der Waals surface area contributed by atoms with Gasteiger partial charge in [0.05, 0.1) is 0 Å². The van der Waals surface area contributed by atoms with Crippen LogP contribution in [-0.2, 0) is 28.5 Å². The monoisotopic (exact) mass is 865 g/mol. The van der Waals surface area contributed by atoms with Gasteiger partial charge in [-0.3, -0.25) is 9.59 Å². The van der Waals surface area contributed by atoms with Crippen LogP contribution in [0.2, 0.25) is 0 Å². The van der Waals surface area contributed by atoms with Gasteiger partial charge in [-0.2, -0.15) is 0 Å². The molecule has 8 nitrogen and oxygen atoms in total. The van der Waals surface area contributed by atoms with Crippen LogP contribution in [0, 0.1) is 0 Å². The first kappa shape index (κ1) is 53.5. The number of amides is 2. The zero-order valence-electron chi connectivity index (χ0n) is 38.7. The van der Waals surface area contributed by atoms with Crippen LogP contribution in [0.4, 0.5) is 8.78 Å². The molecule has 0 spiro atoms. The highest BCUT2D eigenvalue weighted by molar-refractivity contribution is 5.92. The Kier molecular flexibility index (Phi) is 32.9. The maximum Gasteiger partial charge on any atom is 0.279 e. The fraction of sp³-hybridized carbons (Fsp3) is 0.882. The van der Waals surface area contributed by atoms with Gasteiger partial charge in [0.1, 0.15) is 0 Å². The lowest BCUT2D eigenvalue weighted by Gasteiger charge is -2.22. The minimum atomic E-state index is -0.733. The Labute approximate surface area is 371 Å². The molecule has 1 saturated carbocycles. The van der Waals surface area contributed by atoms with Gasteiger partial charge in [-0.1, -0.05) is 141 Å². The molecule has 2 saturated heterocycles. The van der Waals surface area contributed by atoms with Gasteiger partial charge in [0.25, 0.3) is 11.8 Å². The molecular weight excluding hydrogens is 775 g/mol. The third-order valence-corrected chi connectivity index (χ3v) is 12.8. The summed E-state index contributed by atoms with van der Waals surface area (Å²) < 4.78 is 51.8. The van der Waals surface area contributed by atoms with E-state index in [-0.39, 0.29) is 24.7 Å². The number of rotatable bonds is 38. The highest BCUT2D eigenvalue weighted by atomic mass is 19.1. The van der Waals surface area contributed by atoms with Crippen LogP contribution >= 0.6 is 0 Å². The number of carbonyl (C=O) groups is 2. The molecule has 354 valence electrons. The van der Waals surface area contributed by atoms with Gasteiger partial charge in [-0.05, 0) is 108 Å². The molecule has 4 atom stereocenters. The topological polar surface area (TPSA) is 95.1 Å². The van der Waals surface area contributed by atoms with E-state index in [9.17, 15) is 18.4 Å². The molecule has 0 bridgehead atoms. The third kappa shape index (κ3) is 29.2. The molecule has 0 aromatic rings. The van der Waals surface area contributed by atoms with Gasteiger partial charge in [0.2, 0.25) is 0 Å². The molecule has 2 unspecified atom stereocenters. The number of halogens is 2. The number of hydrogen-bond donors (Lipinski definition) is 2. The van der Waals surface area contributed by atoms with Crippen LogP contribution < -0.4 is 10.6 Å². The van der Waals surface area contributed by atoms with Crippen LogP contribution in [0.1, 0.15) is 238 Å². The number of hydrogen-bond acceptors (Lipinski definition) is 6. The highest BCUT2D eigenvalue weighted by Crippen LogP contribution is 2.22. The predicted octanol–water partition coefficient (Wildman–Crippen LogP) is 13.9. The van der Waals surface area contributed by atoms with Gasteiger partial charge >= 0.3 is 0 Å². The first-order valence-corrected chi connectivity index (χ1v) is 25.8. The SMILES string of the molecule is O=C(N[C@@H]1CC[C@H](NC(=O)C(F)=CCCCCCCCCCCCCCCCOC2CCCCO2)C1)C(F)=CCCCCCCCCCCCCCCCOC1CCCCO1.